The van der Waals surface area contributed by atoms with Gasteiger partial charge in [0.25, 0.3) is 0 Å². The van der Waals surface area contributed by atoms with Crippen molar-refractivity contribution in [3.63, 3.8) is 0 Å². The first-order chi connectivity index (χ1) is 32.1. The van der Waals surface area contributed by atoms with Crippen molar-refractivity contribution in [1.82, 2.24) is 0 Å². The van der Waals surface area contributed by atoms with Crippen molar-refractivity contribution in [3.8, 4) is 0 Å². The maximum absolute atomic E-state index is 12.9. The number of hydrogen-bond acceptors (Lipinski definition) is 11. The molecule has 1 heterocycles. The van der Waals surface area contributed by atoms with Crippen LogP contribution in [0.25, 0.3) is 0 Å². The average Bonchev–Trinajstić information content (AvgIpc) is 3.29. The molecule has 6 unspecified atom stereocenters. The van der Waals surface area contributed by atoms with Gasteiger partial charge in [-0.1, -0.05) is 251 Å². The van der Waals surface area contributed by atoms with E-state index in [4.69, 9.17) is 18.9 Å². The number of unbranched alkanes of at least 4 members (excludes halogenated alkanes) is 37. The summed E-state index contributed by atoms with van der Waals surface area (Å²) in [6.45, 7) is 4.07. The first-order valence-electron chi connectivity index (χ1n) is 27.8. The van der Waals surface area contributed by atoms with Gasteiger partial charge in [-0.3, -0.25) is 9.35 Å². The van der Waals surface area contributed by atoms with Crippen molar-refractivity contribution in [2.24, 2.45) is 0 Å². The third-order valence-corrected chi connectivity index (χ3v) is 13.7. The van der Waals surface area contributed by atoms with Crippen LogP contribution in [-0.2, 0) is 38.3 Å². The summed E-state index contributed by atoms with van der Waals surface area (Å²) in [6.07, 6.45) is 41.4. The molecule has 1 rings (SSSR count). The zero-order valence-electron chi connectivity index (χ0n) is 42.5. The topological polar surface area (TPSA) is 178 Å². The van der Waals surface area contributed by atoms with E-state index in [0.29, 0.717) is 13.0 Å². The van der Waals surface area contributed by atoms with E-state index in [0.717, 1.165) is 38.5 Å². The fourth-order valence-electron chi connectivity index (χ4n) is 9.03. The summed E-state index contributed by atoms with van der Waals surface area (Å²) in [5.41, 5.74) is 0. The molecule has 0 saturated carbocycles. The Bertz CT molecular complexity index is 1160. The van der Waals surface area contributed by atoms with Gasteiger partial charge in [0.1, 0.15) is 30.5 Å². The molecule has 6 atom stereocenters. The van der Waals surface area contributed by atoms with Crippen LogP contribution in [0.2, 0.25) is 0 Å². The Balaban J connectivity index is 2.30. The number of carbonyl (C=O) groups excluding carboxylic acids is 1. The largest absolute Gasteiger partial charge is 0.457 e. The lowest BCUT2D eigenvalue weighted by Crippen LogP contribution is -2.60. The zero-order valence-corrected chi connectivity index (χ0v) is 43.4. The van der Waals surface area contributed by atoms with Crippen LogP contribution >= 0.6 is 0 Å². The molecule has 0 bridgehead atoms. The van der Waals surface area contributed by atoms with E-state index in [9.17, 15) is 33.1 Å². The van der Waals surface area contributed by atoms with Gasteiger partial charge < -0.3 is 34.3 Å². The lowest BCUT2D eigenvalue weighted by atomic mass is 9.99. The highest BCUT2D eigenvalue weighted by Gasteiger charge is 2.48. The van der Waals surface area contributed by atoms with Crippen molar-refractivity contribution in [2.45, 2.75) is 307 Å². The van der Waals surface area contributed by atoms with Gasteiger partial charge in [0.05, 0.1) is 19.8 Å². The average molecular weight is 965 g/mol. The predicted molar refractivity (Wildman–Crippen MR) is 267 cm³/mol. The van der Waals surface area contributed by atoms with Gasteiger partial charge in [-0.2, -0.15) is 8.42 Å². The van der Waals surface area contributed by atoms with Crippen LogP contribution < -0.4 is 0 Å². The minimum atomic E-state index is -5.06. The van der Waals surface area contributed by atoms with Crippen LogP contribution in [0.5, 0.6) is 0 Å². The first-order valence-corrected chi connectivity index (χ1v) is 29.2. The van der Waals surface area contributed by atoms with Crippen molar-refractivity contribution >= 4 is 16.4 Å². The summed E-state index contributed by atoms with van der Waals surface area (Å²) in [6, 6.07) is 0. The number of aliphatic hydroxyl groups is 3. The quantitative estimate of drug-likeness (QED) is 0.0258. The van der Waals surface area contributed by atoms with Gasteiger partial charge in [0.15, 0.2) is 6.29 Å². The molecule has 1 aliphatic rings. The molecule has 0 aromatic heterocycles. The van der Waals surface area contributed by atoms with E-state index in [-0.39, 0.29) is 25.6 Å². The summed E-state index contributed by atoms with van der Waals surface area (Å²) in [5.74, 6) is -0.389. The zero-order chi connectivity index (χ0) is 48.2. The highest BCUT2D eigenvalue weighted by Crippen LogP contribution is 2.26. The fourth-order valence-corrected chi connectivity index (χ4v) is 9.54. The van der Waals surface area contributed by atoms with Gasteiger partial charge in [-0.25, -0.2) is 4.18 Å². The van der Waals surface area contributed by atoms with Crippen LogP contribution in [0.3, 0.4) is 0 Å². The van der Waals surface area contributed by atoms with Gasteiger partial charge in [-0.15, -0.1) is 0 Å². The Morgan fingerprint density at radius 1 is 0.515 bits per heavy atom. The third kappa shape index (κ3) is 37.9. The molecular weight excluding hydrogens is 861 g/mol. The van der Waals surface area contributed by atoms with E-state index in [2.05, 4.69) is 18.0 Å². The molecule has 0 aromatic carbocycles. The van der Waals surface area contributed by atoms with E-state index in [1.165, 1.54) is 205 Å². The maximum Gasteiger partial charge on any atom is 0.397 e. The smallest absolute Gasteiger partial charge is 0.397 e. The van der Waals surface area contributed by atoms with E-state index >= 15 is 0 Å². The number of rotatable bonds is 50. The molecule has 1 saturated heterocycles. The van der Waals surface area contributed by atoms with Gasteiger partial charge in [0.2, 0.25) is 0 Å². The molecule has 66 heavy (non-hydrogen) atoms. The van der Waals surface area contributed by atoms with Crippen molar-refractivity contribution in [1.29, 1.82) is 0 Å². The molecule has 0 aliphatic carbocycles. The minimum Gasteiger partial charge on any atom is -0.457 e. The molecule has 13 heteroatoms. The minimum absolute atomic E-state index is 0.0455. The molecule has 4 N–H and O–H groups in total. The van der Waals surface area contributed by atoms with Gasteiger partial charge in [0, 0.05) is 13.0 Å². The van der Waals surface area contributed by atoms with Crippen LogP contribution in [0.4, 0.5) is 0 Å². The second-order valence-electron chi connectivity index (χ2n) is 19.5. The Morgan fingerprint density at radius 2 is 0.864 bits per heavy atom. The fraction of sp³-hybridized carbons (Fsp3) is 0.981. The molecular formula is C53H104O12S. The van der Waals surface area contributed by atoms with Gasteiger partial charge in [-0.05, 0) is 12.8 Å². The lowest BCUT2D eigenvalue weighted by Gasteiger charge is -2.41. The highest BCUT2D eigenvalue weighted by molar-refractivity contribution is 7.80. The van der Waals surface area contributed by atoms with Crippen LogP contribution in [0.1, 0.15) is 271 Å². The molecule has 0 spiro atoms. The van der Waals surface area contributed by atoms with Crippen molar-refractivity contribution in [3.05, 3.63) is 0 Å². The number of hydrogen-bond donors (Lipinski definition) is 4. The first kappa shape index (κ1) is 63.1. The predicted octanol–water partition coefficient (Wildman–Crippen LogP) is 13.2. The second-order valence-corrected chi connectivity index (χ2v) is 20.6. The Kier molecular flexibility index (Phi) is 43.3. The lowest BCUT2D eigenvalue weighted by molar-refractivity contribution is -0.301. The molecule has 0 amide bonds. The van der Waals surface area contributed by atoms with Gasteiger partial charge >= 0.3 is 16.4 Å². The number of esters is 1. The summed E-state index contributed by atoms with van der Waals surface area (Å²) < 4.78 is 59.4. The van der Waals surface area contributed by atoms with Crippen LogP contribution in [-0.4, -0.2) is 97.5 Å². The Hall–Kier alpha value is -0.900. The molecule has 394 valence electrons. The normalized spacial score (nSPS) is 19.4. The van der Waals surface area contributed by atoms with Crippen LogP contribution in [0.15, 0.2) is 0 Å². The number of aliphatic hydroxyl groups excluding tert-OH is 3. The summed E-state index contributed by atoms with van der Waals surface area (Å²) >= 11 is 0. The Morgan fingerprint density at radius 3 is 1.21 bits per heavy atom. The molecule has 0 aromatic rings. The number of carbonyl (C=O) groups is 1. The summed E-state index contributed by atoms with van der Waals surface area (Å²) in [7, 11) is -5.06. The third-order valence-electron chi connectivity index (χ3n) is 13.2. The van der Waals surface area contributed by atoms with Crippen LogP contribution in [0, 0.1) is 0 Å². The molecule has 0 radical (unpaired) electrons. The van der Waals surface area contributed by atoms with E-state index < -0.39 is 53.8 Å². The summed E-state index contributed by atoms with van der Waals surface area (Å²) in [5, 5.41) is 30.8. The van der Waals surface area contributed by atoms with Crippen molar-refractivity contribution < 1.29 is 56.2 Å². The standard InChI is InChI=1S/C53H104O12S/c1-3-5-7-9-11-13-15-17-19-21-23-24-25-26-28-30-32-34-36-38-40-42-49(55)63-47(46-62-53-51(57)52(65-66(58,59)60)50(56)48(44-54)64-53)45-61-43-41-39-37-35-33-31-29-27-22-20-18-16-14-12-10-8-6-4-2/h47-48,50-54,56-57H,3-46H2,1-2H3,(H,58,59,60). The Labute approximate surface area is 405 Å². The molecule has 12 nitrogen and oxygen atoms in total. The highest BCUT2D eigenvalue weighted by atomic mass is 32.3. The van der Waals surface area contributed by atoms with E-state index in [1.54, 1.807) is 0 Å². The number of ether oxygens (including phenoxy) is 4. The monoisotopic (exact) mass is 965 g/mol. The maximum atomic E-state index is 12.9. The van der Waals surface area contributed by atoms with E-state index in [1.807, 2.05) is 0 Å². The molecule has 1 aliphatic heterocycles. The molecule has 1 fully saturated rings. The second kappa shape index (κ2) is 45.3. The van der Waals surface area contributed by atoms with Crippen molar-refractivity contribution in [2.75, 3.05) is 26.4 Å². The SMILES string of the molecule is CCCCCCCCCCCCCCCCCCCCCCCC(=O)OC(COCCCCCCCCCCCCCCCCCCCC)COC1OC(CO)C(O)C(OS(=O)(=O)O)C1O. The summed E-state index contributed by atoms with van der Waals surface area (Å²) in [4.78, 5) is 12.9.